The lowest BCUT2D eigenvalue weighted by molar-refractivity contribution is -0.170. The van der Waals surface area contributed by atoms with Crippen LogP contribution < -0.4 is 0 Å². The van der Waals surface area contributed by atoms with Crippen LogP contribution in [0.4, 0.5) is 0 Å². The second-order valence-corrected chi connectivity index (χ2v) is 6.73. The number of nitrogens with zero attached hydrogens (tertiary/aromatic N) is 1. The molecule has 24 heavy (non-hydrogen) atoms. The summed E-state index contributed by atoms with van der Waals surface area (Å²) in [5.41, 5.74) is -0.501. The third-order valence-electron chi connectivity index (χ3n) is 4.87. The molecule has 0 bridgehead atoms. The molecule has 0 saturated heterocycles. The van der Waals surface area contributed by atoms with E-state index in [0.29, 0.717) is 5.90 Å². The van der Waals surface area contributed by atoms with Crippen molar-refractivity contribution in [2.75, 3.05) is 0 Å². The first-order valence-electron chi connectivity index (χ1n) is 8.55. The number of rotatable bonds is 4. The maximum absolute atomic E-state index is 12.6. The molecule has 1 heterocycles. The molecule has 0 unspecified atom stereocenters. The summed E-state index contributed by atoms with van der Waals surface area (Å²) >= 11 is 0. The molecule has 0 spiro atoms. The second kappa shape index (κ2) is 6.75. The van der Waals surface area contributed by atoms with Gasteiger partial charge in [0.2, 0.25) is 11.5 Å². The molecular formula is C19H23NO4. The summed E-state index contributed by atoms with van der Waals surface area (Å²) in [6.45, 7) is 3.06. The Balaban J connectivity index is 1.86. The molecule has 1 saturated carbocycles. The summed E-state index contributed by atoms with van der Waals surface area (Å²) in [7, 11) is 0. The number of carbonyl (C=O) groups is 2. The maximum Gasteiger partial charge on any atom is 0.303 e. The van der Waals surface area contributed by atoms with Crippen molar-refractivity contribution in [2.24, 2.45) is 10.9 Å². The Bertz CT molecular complexity index is 649. The average molecular weight is 329 g/mol. The highest BCUT2D eigenvalue weighted by atomic mass is 16.6. The van der Waals surface area contributed by atoms with E-state index in [0.717, 1.165) is 31.2 Å². The molecule has 1 aromatic rings. The molecule has 0 aromatic heterocycles. The molecule has 1 aliphatic carbocycles. The Kier molecular flexibility index (Phi) is 4.69. The van der Waals surface area contributed by atoms with E-state index < -0.39 is 17.7 Å². The van der Waals surface area contributed by atoms with E-state index in [-0.39, 0.29) is 11.8 Å². The van der Waals surface area contributed by atoms with Gasteiger partial charge < -0.3 is 9.47 Å². The maximum atomic E-state index is 12.6. The number of amides is 1. The topological polar surface area (TPSA) is 65.0 Å². The zero-order valence-electron chi connectivity index (χ0n) is 14.2. The first-order valence-corrected chi connectivity index (χ1v) is 8.55. The third kappa shape index (κ3) is 3.21. The van der Waals surface area contributed by atoms with Gasteiger partial charge >= 0.3 is 5.97 Å². The SMILES string of the molecule is CC(=O)O[C@@H](C1CCCCC1)[C@@]1(C)OC(c2ccccc2)=NC1=O. The van der Waals surface area contributed by atoms with Crippen LogP contribution in [-0.2, 0) is 19.1 Å². The predicted octanol–water partition coefficient (Wildman–Crippen LogP) is 3.26. The largest absolute Gasteiger partial charge is 0.457 e. The molecular weight excluding hydrogens is 306 g/mol. The molecule has 0 radical (unpaired) electrons. The average Bonchev–Trinajstić information content (AvgIpc) is 2.90. The molecule has 0 N–H and O–H groups in total. The van der Waals surface area contributed by atoms with Crippen molar-refractivity contribution in [1.82, 2.24) is 0 Å². The van der Waals surface area contributed by atoms with E-state index in [1.165, 1.54) is 13.3 Å². The van der Waals surface area contributed by atoms with E-state index in [2.05, 4.69) is 4.99 Å². The fourth-order valence-corrected chi connectivity index (χ4v) is 3.63. The molecule has 1 aliphatic heterocycles. The molecule has 2 aliphatic rings. The molecule has 5 nitrogen and oxygen atoms in total. The Morgan fingerprint density at radius 2 is 1.92 bits per heavy atom. The predicted molar refractivity (Wildman–Crippen MR) is 89.6 cm³/mol. The van der Waals surface area contributed by atoms with Crippen LogP contribution >= 0.6 is 0 Å². The van der Waals surface area contributed by atoms with Crippen LogP contribution in [-0.4, -0.2) is 29.5 Å². The van der Waals surface area contributed by atoms with Crippen LogP contribution in [0.5, 0.6) is 0 Å². The first kappa shape index (κ1) is 16.7. The number of aliphatic imine (C=N–C) groups is 1. The van der Waals surface area contributed by atoms with Gasteiger partial charge in [-0.25, -0.2) is 0 Å². The zero-order valence-corrected chi connectivity index (χ0v) is 14.2. The van der Waals surface area contributed by atoms with Gasteiger partial charge in [-0.1, -0.05) is 37.5 Å². The Morgan fingerprint density at radius 1 is 1.25 bits per heavy atom. The lowest BCUT2D eigenvalue weighted by Gasteiger charge is -2.37. The van der Waals surface area contributed by atoms with Gasteiger partial charge in [0.25, 0.3) is 5.91 Å². The number of hydrogen-bond donors (Lipinski definition) is 0. The van der Waals surface area contributed by atoms with Crippen molar-refractivity contribution in [3.05, 3.63) is 35.9 Å². The monoisotopic (exact) mass is 329 g/mol. The number of hydrogen-bond acceptors (Lipinski definition) is 4. The highest BCUT2D eigenvalue weighted by molar-refractivity contribution is 6.09. The third-order valence-corrected chi connectivity index (χ3v) is 4.87. The van der Waals surface area contributed by atoms with Gasteiger partial charge in [-0.05, 0) is 31.9 Å². The van der Waals surface area contributed by atoms with Gasteiger partial charge in [-0.2, -0.15) is 4.99 Å². The van der Waals surface area contributed by atoms with Crippen molar-refractivity contribution >= 4 is 17.8 Å². The van der Waals surface area contributed by atoms with Crippen LogP contribution in [0.25, 0.3) is 0 Å². The van der Waals surface area contributed by atoms with Gasteiger partial charge in [0, 0.05) is 18.4 Å². The Hall–Kier alpha value is -2.17. The molecule has 2 atom stereocenters. The van der Waals surface area contributed by atoms with Gasteiger partial charge in [-0.15, -0.1) is 0 Å². The van der Waals surface area contributed by atoms with Gasteiger partial charge in [0.05, 0.1) is 0 Å². The van der Waals surface area contributed by atoms with E-state index in [1.54, 1.807) is 6.92 Å². The van der Waals surface area contributed by atoms with E-state index in [1.807, 2.05) is 30.3 Å². The van der Waals surface area contributed by atoms with Gasteiger partial charge in [0.1, 0.15) is 0 Å². The van der Waals surface area contributed by atoms with Crippen molar-refractivity contribution in [2.45, 2.75) is 57.7 Å². The summed E-state index contributed by atoms with van der Waals surface area (Å²) in [5, 5.41) is 0. The molecule has 1 aromatic carbocycles. The van der Waals surface area contributed by atoms with Crippen LogP contribution in [0.3, 0.4) is 0 Å². The lowest BCUT2D eigenvalue weighted by Crippen LogP contribution is -2.52. The van der Waals surface area contributed by atoms with E-state index >= 15 is 0 Å². The van der Waals surface area contributed by atoms with Gasteiger partial charge in [0.15, 0.2) is 6.10 Å². The summed E-state index contributed by atoms with van der Waals surface area (Å²) in [6.07, 6.45) is 4.61. The highest BCUT2D eigenvalue weighted by Gasteiger charge is 2.53. The molecule has 3 rings (SSSR count). The van der Waals surface area contributed by atoms with Crippen molar-refractivity contribution in [3.63, 3.8) is 0 Å². The van der Waals surface area contributed by atoms with Crippen LogP contribution in [0.15, 0.2) is 35.3 Å². The van der Waals surface area contributed by atoms with Crippen molar-refractivity contribution in [1.29, 1.82) is 0 Å². The normalized spacial score (nSPS) is 25.8. The number of carbonyl (C=O) groups excluding carboxylic acids is 2. The fourth-order valence-electron chi connectivity index (χ4n) is 3.63. The number of benzene rings is 1. The smallest absolute Gasteiger partial charge is 0.303 e. The quantitative estimate of drug-likeness (QED) is 0.795. The fraction of sp³-hybridized carbons (Fsp3) is 0.526. The zero-order chi connectivity index (χ0) is 17.2. The van der Waals surface area contributed by atoms with E-state index in [4.69, 9.17) is 9.47 Å². The van der Waals surface area contributed by atoms with Gasteiger partial charge in [-0.3, -0.25) is 9.59 Å². The van der Waals surface area contributed by atoms with Crippen LogP contribution in [0.1, 0.15) is 51.5 Å². The number of esters is 1. The van der Waals surface area contributed by atoms with E-state index in [9.17, 15) is 9.59 Å². The summed E-state index contributed by atoms with van der Waals surface area (Å²) in [5.74, 6) is -0.340. The second-order valence-electron chi connectivity index (χ2n) is 6.73. The standard InChI is InChI=1S/C19H23NO4/c1-13(21)23-16(14-9-5-3-6-10-14)19(2)18(22)20-17(24-19)15-11-7-4-8-12-15/h4,7-8,11-12,14,16H,3,5-6,9-10H2,1-2H3/t16-,19+/m0/s1. The lowest BCUT2D eigenvalue weighted by atomic mass is 9.78. The Morgan fingerprint density at radius 3 is 2.54 bits per heavy atom. The summed E-state index contributed by atoms with van der Waals surface area (Å²) < 4.78 is 11.6. The van der Waals surface area contributed by atoms with Crippen LogP contribution in [0, 0.1) is 5.92 Å². The van der Waals surface area contributed by atoms with Crippen molar-refractivity contribution in [3.8, 4) is 0 Å². The minimum absolute atomic E-state index is 0.127. The summed E-state index contributed by atoms with van der Waals surface area (Å²) in [6, 6.07) is 9.32. The van der Waals surface area contributed by atoms with Crippen molar-refractivity contribution < 1.29 is 19.1 Å². The molecule has 128 valence electrons. The van der Waals surface area contributed by atoms with Crippen LogP contribution in [0.2, 0.25) is 0 Å². The molecule has 5 heteroatoms. The number of ether oxygens (including phenoxy) is 2. The minimum Gasteiger partial charge on any atom is -0.457 e. The highest BCUT2D eigenvalue weighted by Crippen LogP contribution is 2.38. The summed E-state index contributed by atoms with van der Waals surface area (Å²) in [4.78, 5) is 28.4. The Labute approximate surface area is 142 Å². The minimum atomic E-state index is -1.25. The first-order chi connectivity index (χ1) is 11.5. The molecule has 1 amide bonds. The molecule has 1 fully saturated rings.